The second-order valence-corrected chi connectivity index (χ2v) is 7.55. The van der Waals surface area contributed by atoms with Crippen molar-refractivity contribution in [2.45, 2.75) is 59.6 Å². The number of ether oxygens (including phenoxy) is 1. The molecule has 2 aromatic rings. The fourth-order valence-corrected chi connectivity index (χ4v) is 3.45. The van der Waals surface area contributed by atoms with Gasteiger partial charge in [-0.05, 0) is 43.0 Å². The molecule has 1 N–H and O–H groups in total. The lowest BCUT2D eigenvalue weighted by Gasteiger charge is -2.32. The second-order valence-electron chi connectivity index (χ2n) is 7.55. The Labute approximate surface area is 159 Å². The fourth-order valence-electron chi connectivity index (χ4n) is 3.45. The number of rotatable bonds is 6. The Bertz CT molecular complexity index is 991. The van der Waals surface area contributed by atoms with Crippen molar-refractivity contribution in [2.24, 2.45) is 0 Å². The van der Waals surface area contributed by atoms with E-state index in [1.165, 1.54) is 4.57 Å². The van der Waals surface area contributed by atoms with Crippen molar-refractivity contribution < 1.29 is 4.74 Å². The SMILES string of the molecule is CCOCn1c(C(C)(C)c2cc(C)cc(C#N)c2)c(C(C)C)c(=O)[nH]c1=O. The van der Waals surface area contributed by atoms with Gasteiger partial charge in [-0.15, -0.1) is 0 Å². The van der Waals surface area contributed by atoms with Crippen LogP contribution in [0.15, 0.2) is 27.8 Å². The molecule has 2 rings (SSSR count). The molecule has 0 amide bonds. The van der Waals surface area contributed by atoms with Gasteiger partial charge in [0.1, 0.15) is 6.73 Å². The van der Waals surface area contributed by atoms with Crippen LogP contribution in [0.5, 0.6) is 0 Å². The summed E-state index contributed by atoms with van der Waals surface area (Å²) in [7, 11) is 0. The highest BCUT2D eigenvalue weighted by atomic mass is 16.5. The van der Waals surface area contributed by atoms with Gasteiger partial charge in [0.25, 0.3) is 5.56 Å². The summed E-state index contributed by atoms with van der Waals surface area (Å²) in [6.45, 7) is 12.1. The average molecular weight is 369 g/mol. The average Bonchev–Trinajstić information content (AvgIpc) is 2.59. The maximum atomic E-state index is 12.6. The zero-order valence-electron chi connectivity index (χ0n) is 16.8. The van der Waals surface area contributed by atoms with Crippen LogP contribution in [0, 0.1) is 18.3 Å². The van der Waals surface area contributed by atoms with Gasteiger partial charge >= 0.3 is 5.69 Å². The lowest BCUT2D eigenvalue weighted by molar-refractivity contribution is 0.0800. The number of nitriles is 1. The summed E-state index contributed by atoms with van der Waals surface area (Å²) in [5.41, 5.74) is 2.00. The number of H-pyrrole nitrogens is 1. The summed E-state index contributed by atoms with van der Waals surface area (Å²) in [5, 5.41) is 9.34. The summed E-state index contributed by atoms with van der Waals surface area (Å²) in [6.07, 6.45) is 0. The lowest BCUT2D eigenvalue weighted by atomic mass is 9.76. The standard InChI is InChI=1S/C21H27N3O3/c1-7-27-12-24-18(17(13(2)3)19(25)23-20(24)26)21(5,6)16-9-14(4)8-15(10-16)11-22/h8-10,13H,7,12H2,1-6H3,(H,23,25,26). The van der Waals surface area contributed by atoms with Crippen LogP contribution in [0.4, 0.5) is 0 Å². The third kappa shape index (κ3) is 4.04. The molecular formula is C21H27N3O3. The van der Waals surface area contributed by atoms with Gasteiger partial charge in [-0.2, -0.15) is 5.26 Å². The van der Waals surface area contributed by atoms with Crippen LogP contribution in [0.1, 0.15) is 68.5 Å². The van der Waals surface area contributed by atoms with E-state index in [1.54, 1.807) is 0 Å². The van der Waals surface area contributed by atoms with Gasteiger partial charge in [-0.1, -0.05) is 33.8 Å². The predicted octanol–water partition coefficient (Wildman–Crippen LogP) is 3.16. The van der Waals surface area contributed by atoms with Crippen molar-refractivity contribution in [3.05, 3.63) is 67.0 Å². The molecule has 144 valence electrons. The van der Waals surface area contributed by atoms with Crippen molar-refractivity contribution >= 4 is 0 Å². The highest BCUT2D eigenvalue weighted by Gasteiger charge is 2.33. The van der Waals surface area contributed by atoms with Crippen molar-refractivity contribution in [3.63, 3.8) is 0 Å². The minimum absolute atomic E-state index is 0.0571. The van der Waals surface area contributed by atoms with Crippen LogP contribution in [0.3, 0.4) is 0 Å². The Hall–Kier alpha value is -2.65. The van der Waals surface area contributed by atoms with Crippen molar-refractivity contribution in [3.8, 4) is 6.07 Å². The maximum absolute atomic E-state index is 12.6. The first kappa shape index (κ1) is 20.7. The highest BCUT2D eigenvalue weighted by molar-refractivity contribution is 5.45. The van der Waals surface area contributed by atoms with Crippen LogP contribution < -0.4 is 11.2 Å². The van der Waals surface area contributed by atoms with E-state index in [0.29, 0.717) is 23.4 Å². The molecule has 1 aromatic carbocycles. The Morgan fingerprint density at radius 2 is 1.93 bits per heavy atom. The van der Waals surface area contributed by atoms with Crippen LogP contribution in [-0.2, 0) is 16.9 Å². The van der Waals surface area contributed by atoms with Crippen molar-refractivity contribution in [1.82, 2.24) is 9.55 Å². The molecule has 6 heteroatoms. The van der Waals surface area contributed by atoms with Gasteiger partial charge in [0.05, 0.1) is 11.6 Å². The third-order valence-electron chi connectivity index (χ3n) is 4.76. The van der Waals surface area contributed by atoms with Gasteiger partial charge in [-0.25, -0.2) is 4.79 Å². The van der Waals surface area contributed by atoms with Gasteiger partial charge in [0, 0.05) is 23.3 Å². The molecule has 0 spiro atoms. The Morgan fingerprint density at radius 3 is 2.48 bits per heavy atom. The molecule has 6 nitrogen and oxygen atoms in total. The van der Waals surface area contributed by atoms with Crippen molar-refractivity contribution in [1.29, 1.82) is 5.26 Å². The number of aromatic amines is 1. The minimum atomic E-state index is -0.679. The van der Waals surface area contributed by atoms with Crippen LogP contribution in [0.25, 0.3) is 0 Å². The molecule has 0 fully saturated rings. The highest BCUT2D eigenvalue weighted by Crippen LogP contribution is 2.35. The molecule has 0 aliphatic carbocycles. The molecular weight excluding hydrogens is 342 g/mol. The second kappa shape index (κ2) is 7.93. The first-order chi connectivity index (χ1) is 12.6. The maximum Gasteiger partial charge on any atom is 0.330 e. The Kier molecular flexibility index (Phi) is 6.07. The number of hydrogen-bond donors (Lipinski definition) is 1. The number of nitrogens with zero attached hydrogens (tertiary/aromatic N) is 2. The van der Waals surface area contributed by atoms with E-state index in [9.17, 15) is 14.9 Å². The topological polar surface area (TPSA) is 87.9 Å². The van der Waals surface area contributed by atoms with E-state index in [2.05, 4.69) is 11.1 Å². The largest absolute Gasteiger partial charge is 0.361 e. The first-order valence-electron chi connectivity index (χ1n) is 9.11. The summed E-state index contributed by atoms with van der Waals surface area (Å²) >= 11 is 0. The van der Waals surface area contributed by atoms with Crippen LogP contribution in [0.2, 0.25) is 0 Å². The Morgan fingerprint density at radius 1 is 1.26 bits per heavy atom. The summed E-state index contributed by atoms with van der Waals surface area (Å²) in [6, 6.07) is 7.79. The number of aryl methyl sites for hydroxylation is 1. The lowest BCUT2D eigenvalue weighted by Crippen LogP contribution is -2.41. The smallest absolute Gasteiger partial charge is 0.330 e. The molecule has 0 saturated heterocycles. The number of benzene rings is 1. The van der Waals surface area contributed by atoms with Gasteiger partial charge < -0.3 is 4.74 Å². The molecule has 0 aliphatic heterocycles. The summed E-state index contributed by atoms with van der Waals surface area (Å²) in [4.78, 5) is 27.6. The van der Waals surface area contributed by atoms with Crippen LogP contribution >= 0.6 is 0 Å². The molecule has 0 aliphatic rings. The van der Waals surface area contributed by atoms with E-state index in [1.807, 2.05) is 59.7 Å². The zero-order valence-corrected chi connectivity index (χ0v) is 16.8. The third-order valence-corrected chi connectivity index (χ3v) is 4.76. The van der Waals surface area contributed by atoms with Gasteiger partial charge in [0.2, 0.25) is 0 Å². The first-order valence-corrected chi connectivity index (χ1v) is 9.11. The summed E-state index contributed by atoms with van der Waals surface area (Å²) in [5.74, 6) is -0.0863. The molecule has 1 aromatic heterocycles. The molecule has 27 heavy (non-hydrogen) atoms. The number of hydrogen-bond acceptors (Lipinski definition) is 4. The number of aromatic nitrogens is 2. The Balaban J connectivity index is 2.89. The summed E-state index contributed by atoms with van der Waals surface area (Å²) < 4.78 is 7.00. The minimum Gasteiger partial charge on any atom is -0.361 e. The normalized spacial score (nSPS) is 11.6. The predicted molar refractivity (Wildman–Crippen MR) is 105 cm³/mol. The van der Waals surface area contributed by atoms with E-state index < -0.39 is 11.1 Å². The molecule has 0 saturated carbocycles. The van der Waals surface area contributed by atoms with Crippen molar-refractivity contribution in [2.75, 3.05) is 6.61 Å². The van der Waals surface area contributed by atoms with E-state index in [4.69, 9.17) is 4.74 Å². The van der Waals surface area contributed by atoms with E-state index >= 15 is 0 Å². The van der Waals surface area contributed by atoms with E-state index in [-0.39, 0.29) is 18.2 Å². The molecule has 0 radical (unpaired) electrons. The molecule has 0 bridgehead atoms. The zero-order chi connectivity index (χ0) is 20.4. The molecule has 1 heterocycles. The van der Waals surface area contributed by atoms with E-state index in [0.717, 1.165) is 11.1 Å². The van der Waals surface area contributed by atoms with Gasteiger partial charge in [0.15, 0.2) is 0 Å². The quantitative estimate of drug-likeness (QED) is 0.847. The molecule has 0 unspecified atom stereocenters. The monoisotopic (exact) mass is 369 g/mol. The van der Waals surface area contributed by atoms with Gasteiger partial charge in [-0.3, -0.25) is 14.3 Å². The number of nitrogens with one attached hydrogen (secondary N) is 1. The fraction of sp³-hybridized carbons (Fsp3) is 0.476. The molecule has 0 atom stereocenters. The van der Waals surface area contributed by atoms with Crippen LogP contribution in [-0.4, -0.2) is 16.2 Å².